The zero-order valence-corrected chi connectivity index (χ0v) is 14.1. The number of carbonyl (C=O) groups excluding carboxylic acids is 1. The second-order valence-corrected chi connectivity index (χ2v) is 5.30. The van der Waals surface area contributed by atoms with Gasteiger partial charge in [-0.15, -0.1) is 0 Å². The van der Waals surface area contributed by atoms with Gasteiger partial charge in [-0.1, -0.05) is 18.2 Å². The first-order chi connectivity index (χ1) is 12.2. The molecule has 0 aliphatic rings. The van der Waals surface area contributed by atoms with E-state index in [1.165, 1.54) is 18.1 Å². The molecule has 0 saturated carbocycles. The number of H-pyrrole nitrogens is 1. The molecule has 0 unspecified atom stereocenters. The van der Waals surface area contributed by atoms with E-state index >= 15 is 0 Å². The summed E-state index contributed by atoms with van der Waals surface area (Å²) in [6.07, 6.45) is 3.06. The molecule has 126 valence electrons. The van der Waals surface area contributed by atoms with Crippen molar-refractivity contribution in [3.8, 4) is 11.5 Å². The molecule has 0 spiro atoms. The Balaban J connectivity index is 1.80. The Morgan fingerprint density at radius 3 is 2.72 bits per heavy atom. The van der Waals surface area contributed by atoms with Crippen LogP contribution in [0, 0.1) is 4.77 Å². The number of nitrogens with zero attached hydrogens (tertiary/aromatic N) is 3. The molecule has 0 radical (unpaired) electrons. The molecule has 0 amide bonds. The molecule has 1 N–H and O–H groups in total. The Kier molecular flexibility index (Phi) is 5.00. The highest BCUT2D eigenvalue weighted by Crippen LogP contribution is 2.28. The second kappa shape index (κ2) is 7.54. The van der Waals surface area contributed by atoms with Gasteiger partial charge in [0.15, 0.2) is 11.5 Å². The zero-order chi connectivity index (χ0) is 17.6. The van der Waals surface area contributed by atoms with Gasteiger partial charge in [-0.25, -0.2) is 4.79 Å². The van der Waals surface area contributed by atoms with Crippen LogP contribution in [0.15, 0.2) is 60.0 Å². The third kappa shape index (κ3) is 3.99. The molecule has 0 aliphatic heterocycles. The molecule has 1 aromatic heterocycles. The first kappa shape index (κ1) is 16.6. The fourth-order valence-electron chi connectivity index (χ4n) is 2.04. The highest BCUT2D eigenvalue weighted by Gasteiger charge is 2.12. The molecule has 0 atom stereocenters. The lowest BCUT2D eigenvalue weighted by Gasteiger charge is -2.09. The Hall–Kier alpha value is -3.26. The number of hydrogen-bond donors (Lipinski definition) is 1. The van der Waals surface area contributed by atoms with Crippen molar-refractivity contribution < 1.29 is 14.3 Å². The summed E-state index contributed by atoms with van der Waals surface area (Å²) in [5, 5.41) is 10.6. The average molecular weight is 354 g/mol. The molecule has 25 heavy (non-hydrogen) atoms. The maximum atomic E-state index is 12.2. The number of aromatic nitrogens is 3. The molecule has 3 rings (SSSR count). The Morgan fingerprint density at radius 2 is 2.04 bits per heavy atom. The van der Waals surface area contributed by atoms with Crippen LogP contribution < -0.4 is 9.47 Å². The summed E-state index contributed by atoms with van der Waals surface area (Å²) in [4.78, 5) is 12.2. The number of rotatable bonds is 5. The van der Waals surface area contributed by atoms with Crippen LogP contribution in [-0.4, -0.2) is 34.2 Å². The number of nitrogens with one attached hydrogen (secondary N) is 1. The quantitative estimate of drug-likeness (QED) is 0.330. The van der Waals surface area contributed by atoms with Crippen molar-refractivity contribution in [3.05, 3.63) is 70.8 Å². The van der Waals surface area contributed by atoms with Gasteiger partial charge in [0, 0.05) is 0 Å². The fraction of sp³-hybridized carbons (Fsp3) is 0.0588. The Morgan fingerprint density at radius 1 is 1.24 bits per heavy atom. The van der Waals surface area contributed by atoms with E-state index in [0.717, 1.165) is 5.56 Å². The first-order valence-corrected chi connectivity index (χ1v) is 7.70. The maximum absolute atomic E-state index is 12.2. The van der Waals surface area contributed by atoms with Crippen LogP contribution in [0.1, 0.15) is 15.9 Å². The molecule has 0 bridgehead atoms. The van der Waals surface area contributed by atoms with Crippen molar-refractivity contribution in [2.75, 3.05) is 7.11 Å². The van der Waals surface area contributed by atoms with E-state index in [2.05, 4.69) is 15.3 Å². The lowest BCUT2D eigenvalue weighted by Crippen LogP contribution is -2.09. The van der Waals surface area contributed by atoms with E-state index in [1.54, 1.807) is 48.7 Å². The second-order valence-electron chi connectivity index (χ2n) is 4.92. The van der Waals surface area contributed by atoms with E-state index in [4.69, 9.17) is 21.7 Å². The summed E-state index contributed by atoms with van der Waals surface area (Å²) in [5.74, 6) is 0.294. The number of methoxy groups -OCH3 is 1. The minimum atomic E-state index is -0.454. The van der Waals surface area contributed by atoms with Crippen molar-refractivity contribution in [1.82, 2.24) is 14.9 Å². The summed E-state index contributed by atoms with van der Waals surface area (Å²) in [6.45, 7) is 0. The van der Waals surface area contributed by atoms with Gasteiger partial charge in [0.1, 0.15) is 6.33 Å². The smallest absolute Gasteiger partial charge is 0.343 e. The van der Waals surface area contributed by atoms with Gasteiger partial charge < -0.3 is 9.47 Å². The summed E-state index contributed by atoms with van der Waals surface area (Å²) < 4.78 is 12.5. The molecular weight excluding hydrogens is 340 g/mol. The molecule has 3 aromatic rings. The number of ether oxygens (including phenoxy) is 2. The number of esters is 1. The van der Waals surface area contributed by atoms with Crippen molar-refractivity contribution in [1.29, 1.82) is 0 Å². The molecule has 1 heterocycles. The van der Waals surface area contributed by atoms with Gasteiger partial charge in [-0.05, 0) is 48.1 Å². The predicted octanol–water partition coefficient (Wildman–Crippen LogP) is 3.05. The van der Waals surface area contributed by atoms with Gasteiger partial charge in [0.05, 0.1) is 18.9 Å². The van der Waals surface area contributed by atoms with Gasteiger partial charge in [0.25, 0.3) is 0 Å². The molecular formula is C17H14N4O3S. The van der Waals surface area contributed by atoms with E-state index in [9.17, 15) is 4.79 Å². The largest absolute Gasteiger partial charge is 0.493 e. The van der Waals surface area contributed by atoms with Gasteiger partial charge >= 0.3 is 5.97 Å². The summed E-state index contributed by atoms with van der Waals surface area (Å²) in [5.41, 5.74) is 1.21. The normalized spacial score (nSPS) is 10.8. The minimum absolute atomic E-state index is 0.327. The van der Waals surface area contributed by atoms with E-state index < -0.39 is 5.97 Å². The van der Waals surface area contributed by atoms with Crippen LogP contribution in [0.25, 0.3) is 0 Å². The lowest BCUT2D eigenvalue weighted by molar-refractivity contribution is 0.0729. The van der Waals surface area contributed by atoms with Gasteiger partial charge in [-0.2, -0.15) is 14.9 Å². The average Bonchev–Trinajstić information content (AvgIpc) is 3.06. The fourth-order valence-corrected chi connectivity index (χ4v) is 2.18. The number of hydrogen-bond acceptors (Lipinski definition) is 6. The standard InChI is InChI=1S/C17H14N4O3S/c1-23-15-9-12(10-19-21-11-18-20-17(21)25)7-8-14(15)24-16(22)13-5-3-2-4-6-13/h2-11H,1H3,(H,20,25). The van der Waals surface area contributed by atoms with Gasteiger partial charge in [0.2, 0.25) is 4.77 Å². The van der Waals surface area contributed by atoms with Crippen LogP contribution in [0.2, 0.25) is 0 Å². The molecule has 0 saturated heterocycles. The third-order valence-corrected chi connectivity index (χ3v) is 3.54. The lowest BCUT2D eigenvalue weighted by atomic mass is 10.2. The van der Waals surface area contributed by atoms with Crippen LogP contribution in [0.3, 0.4) is 0 Å². The summed E-state index contributed by atoms with van der Waals surface area (Å²) in [7, 11) is 1.50. The zero-order valence-electron chi connectivity index (χ0n) is 13.2. The monoisotopic (exact) mass is 354 g/mol. The molecule has 2 aromatic carbocycles. The van der Waals surface area contributed by atoms with Gasteiger partial charge in [-0.3, -0.25) is 5.10 Å². The predicted molar refractivity (Wildman–Crippen MR) is 94.8 cm³/mol. The number of carbonyl (C=O) groups is 1. The van der Waals surface area contributed by atoms with Crippen molar-refractivity contribution in [2.45, 2.75) is 0 Å². The SMILES string of the molecule is COc1cc(C=Nn2cn[nH]c2=S)ccc1OC(=O)c1ccccc1. The number of aromatic amines is 1. The molecule has 7 nitrogen and oxygen atoms in total. The first-order valence-electron chi connectivity index (χ1n) is 7.29. The van der Waals surface area contributed by atoms with Crippen molar-refractivity contribution in [2.24, 2.45) is 5.10 Å². The van der Waals surface area contributed by atoms with Crippen molar-refractivity contribution in [3.63, 3.8) is 0 Å². The highest BCUT2D eigenvalue weighted by molar-refractivity contribution is 7.71. The van der Waals surface area contributed by atoms with E-state index in [-0.39, 0.29) is 0 Å². The molecule has 0 fully saturated rings. The van der Waals surface area contributed by atoms with Crippen LogP contribution in [0.5, 0.6) is 11.5 Å². The number of benzene rings is 2. The van der Waals surface area contributed by atoms with Crippen molar-refractivity contribution >= 4 is 24.4 Å². The minimum Gasteiger partial charge on any atom is -0.493 e. The van der Waals surface area contributed by atoms with Crippen LogP contribution >= 0.6 is 12.2 Å². The molecule has 8 heteroatoms. The topological polar surface area (TPSA) is 81.5 Å². The van der Waals surface area contributed by atoms with Crippen LogP contribution in [-0.2, 0) is 0 Å². The summed E-state index contributed by atoms with van der Waals surface area (Å²) >= 11 is 5.01. The molecule has 0 aliphatic carbocycles. The maximum Gasteiger partial charge on any atom is 0.343 e. The summed E-state index contributed by atoms with van der Waals surface area (Å²) in [6, 6.07) is 13.9. The third-order valence-electron chi connectivity index (χ3n) is 3.27. The van der Waals surface area contributed by atoms with Crippen LogP contribution in [0.4, 0.5) is 0 Å². The van der Waals surface area contributed by atoms with E-state index in [0.29, 0.717) is 21.8 Å². The Labute approximate surface area is 148 Å². The van der Waals surface area contributed by atoms with E-state index in [1.807, 2.05) is 6.07 Å². The highest BCUT2D eigenvalue weighted by atomic mass is 32.1. The Bertz CT molecular complexity index is 963.